The number of phosphoric acid groups is 1. The van der Waals surface area contributed by atoms with Crippen molar-refractivity contribution in [3.05, 3.63) is 65.1 Å². The summed E-state index contributed by atoms with van der Waals surface area (Å²) in [5.41, 5.74) is -0.0688. The molecule has 1 aliphatic rings. The average molecular weight is 410 g/mol. The molecule has 3 N–H and O–H groups in total. The largest absolute Gasteiger partial charge is 0.469 e. The third kappa shape index (κ3) is 5.50. The van der Waals surface area contributed by atoms with Crippen LogP contribution in [0.2, 0.25) is 0 Å². The summed E-state index contributed by atoms with van der Waals surface area (Å²) in [4.78, 5) is 45.8. The summed E-state index contributed by atoms with van der Waals surface area (Å²) in [6.07, 6.45) is 3.90. The van der Waals surface area contributed by atoms with Gasteiger partial charge in [-0.15, -0.1) is 11.8 Å². The molecule has 0 unspecified atom stereocenters. The molecule has 11 heteroatoms. The summed E-state index contributed by atoms with van der Waals surface area (Å²) in [6.45, 7) is -0.140. The molecule has 2 aromatic rings. The monoisotopic (exact) mass is 410 g/mol. The molecule has 1 aromatic heterocycles. The van der Waals surface area contributed by atoms with Crippen LogP contribution in [0.3, 0.4) is 0 Å². The SMILES string of the molecule is O=C(Nc1ccn([C@H]2C[CH][C@H](COP(=O)(O)O)S2)c(=O)n1)c1ccccc1. The van der Waals surface area contributed by atoms with Crippen LogP contribution < -0.4 is 11.0 Å². The second-order valence-electron chi connectivity index (χ2n) is 5.71. The van der Waals surface area contributed by atoms with Crippen LogP contribution in [0.25, 0.3) is 0 Å². The van der Waals surface area contributed by atoms with E-state index in [2.05, 4.69) is 14.8 Å². The van der Waals surface area contributed by atoms with Gasteiger partial charge in [0.1, 0.15) is 5.82 Å². The van der Waals surface area contributed by atoms with Crippen LogP contribution in [-0.4, -0.2) is 37.1 Å². The van der Waals surface area contributed by atoms with Crippen molar-refractivity contribution in [3.8, 4) is 0 Å². The van der Waals surface area contributed by atoms with Gasteiger partial charge in [0.05, 0.1) is 12.0 Å². The molecule has 1 aromatic carbocycles. The lowest BCUT2D eigenvalue weighted by Crippen LogP contribution is -2.26. The molecule has 2 heterocycles. The smallest absolute Gasteiger partial charge is 0.306 e. The van der Waals surface area contributed by atoms with Gasteiger partial charge in [0.2, 0.25) is 0 Å². The van der Waals surface area contributed by atoms with Crippen molar-refractivity contribution >= 4 is 31.3 Å². The van der Waals surface area contributed by atoms with E-state index in [1.165, 1.54) is 28.6 Å². The first-order valence-electron chi connectivity index (χ1n) is 7.96. The Morgan fingerprint density at radius 2 is 2.07 bits per heavy atom. The van der Waals surface area contributed by atoms with Gasteiger partial charge in [-0.3, -0.25) is 13.9 Å². The molecular formula is C16H17N3O6PS. The first kappa shape index (κ1) is 19.8. The number of hydrogen-bond donors (Lipinski definition) is 3. The molecule has 143 valence electrons. The van der Waals surface area contributed by atoms with Gasteiger partial charge in [-0.1, -0.05) is 18.2 Å². The first-order valence-corrected chi connectivity index (χ1v) is 10.4. The molecule has 0 spiro atoms. The highest BCUT2D eigenvalue weighted by atomic mass is 32.2. The van der Waals surface area contributed by atoms with Gasteiger partial charge < -0.3 is 15.1 Å². The van der Waals surface area contributed by atoms with E-state index in [4.69, 9.17) is 9.79 Å². The van der Waals surface area contributed by atoms with Crippen LogP contribution in [0.15, 0.2) is 47.4 Å². The van der Waals surface area contributed by atoms with Gasteiger partial charge in [-0.25, -0.2) is 9.36 Å². The molecule has 9 nitrogen and oxygen atoms in total. The Morgan fingerprint density at radius 3 is 2.74 bits per heavy atom. The summed E-state index contributed by atoms with van der Waals surface area (Å²) in [5.74, 6) is -0.211. The van der Waals surface area contributed by atoms with Crippen molar-refractivity contribution in [1.29, 1.82) is 0 Å². The number of nitrogens with zero attached hydrogens (tertiary/aromatic N) is 2. The number of hydrogen-bond acceptors (Lipinski definition) is 6. The van der Waals surface area contributed by atoms with Crippen molar-refractivity contribution in [3.63, 3.8) is 0 Å². The Labute approximate surface area is 159 Å². The molecule has 1 amide bonds. The van der Waals surface area contributed by atoms with Gasteiger partial charge in [0, 0.05) is 17.0 Å². The predicted molar refractivity (Wildman–Crippen MR) is 100 cm³/mol. The van der Waals surface area contributed by atoms with Crippen molar-refractivity contribution in [1.82, 2.24) is 9.55 Å². The molecule has 3 rings (SSSR count). The summed E-state index contributed by atoms with van der Waals surface area (Å²) >= 11 is 1.35. The van der Waals surface area contributed by atoms with E-state index in [1.54, 1.807) is 30.3 Å². The number of carbonyl (C=O) groups is 1. The molecule has 1 radical (unpaired) electrons. The fourth-order valence-electron chi connectivity index (χ4n) is 2.52. The number of phosphoric ester groups is 1. The van der Waals surface area contributed by atoms with Crippen LogP contribution in [0.4, 0.5) is 5.82 Å². The normalized spacial score (nSPS) is 19.8. The number of amides is 1. The van der Waals surface area contributed by atoms with E-state index in [0.29, 0.717) is 12.0 Å². The Kier molecular flexibility index (Phi) is 6.13. The molecule has 1 fully saturated rings. The van der Waals surface area contributed by atoms with Crippen molar-refractivity contribution < 1.29 is 23.7 Å². The van der Waals surface area contributed by atoms with Crippen LogP contribution >= 0.6 is 19.6 Å². The molecule has 0 bridgehead atoms. The number of benzene rings is 1. The fourth-order valence-corrected chi connectivity index (χ4v) is 4.26. The van der Waals surface area contributed by atoms with Crippen LogP contribution in [-0.2, 0) is 9.09 Å². The second-order valence-corrected chi connectivity index (χ2v) is 8.37. The molecule has 2 atom stereocenters. The first-order chi connectivity index (χ1) is 12.8. The Bertz CT molecular complexity index is 916. The summed E-state index contributed by atoms with van der Waals surface area (Å²) in [5, 5.41) is 2.08. The highest BCUT2D eigenvalue weighted by Gasteiger charge is 2.30. The van der Waals surface area contributed by atoms with Crippen LogP contribution in [0, 0.1) is 6.42 Å². The third-order valence-corrected chi connectivity index (χ3v) is 5.65. The topological polar surface area (TPSA) is 131 Å². The van der Waals surface area contributed by atoms with Gasteiger partial charge >= 0.3 is 13.5 Å². The van der Waals surface area contributed by atoms with E-state index in [9.17, 15) is 14.2 Å². The maximum absolute atomic E-state index is 12.3. The summed E-state index contributed by atoms with van der Waals surface area (Å²) < 4.78 is 16.7. The number of carbonyl (C=O) groups excluding carboxylic acids is 1. The zero-order valence-corrected chi connectivity index (χ0v) is 15.7. The molecule has 1 aliphatic heterocycles. The van der Waals surface area contributed by atoms with Crippen molar-refractivity contribution in [2.45, 2.75) is 17.0 Å². The zero-order valence-electron chi connectivity index (χ0n) is 14.0. The van der Waals surface area contributed by atoms with Crippen molar-refractivity contribution in [2.75, 3.05) is 11.9 Å². The zero-order chi connectivity index (χ0) is 19.4. The van der Waals surface area contributed by atoms with Crippen LogP contribution in [0.5, 0.6) is 0 Å². The number of aromatic nitrogens is 2. The van der Waals surface area contributed by atoms with E-state index in [1.807, 2.05) is 6.42 Å². The lowest BCUT2D eigenvalue weighted by Gasteiger charge is -2.14. The summed E-state index contributed by atoms with van der Waals surface area (Å²) in [6, 6.07) is 10.1. The Balaban J connectivity index is 1.63. The quantitative estimate of drug-likeness (QED) is 0.615. The Morgan fingerprint density at radius 1 is 1.33 bits per heavy atom. The molecule has 0 aliphatic carbocycles. The number of rotatable bonds is 6. The minimum Gasteiger partial charge on any atom is -0.306 e. The number of thioether (sulfide) groups is 1. The van der Waals surface area contributed by atoms with E-state index < -0.39 is 13.5 Å². The van der Waals surface area contributed by atoms with Gasteiger partial charge in [0.15, 0.2) is 0 Å². The van der Waals surface area contributed by atoms with E-state index >= 15 is 0 Å². The molecule has 0 saturated carbocycles. The minimum atomic E-state index is -4.52. The fraction of sp³-hybridized carbons (Fsp3) is 0.250. The second kappa shape index (κ2) is 8.37. The lowest BCUT2D eigenvalue weighted by atomic mass is 10.2. The van der Waals surface area contributed by atoms with E-state index in [0.717, 1.165) is 0 Å². The van der Waals surface area contributed by atoms with Gasteiger partial charge in [-0.05, 0) is 31.0 Å². The Hall–Kier alpha value is -1.97. The molecular weight excluding hydrogens is 393 g/mol. The van der Waals surface area contributed by atoms with Crippen molar-refractivity contribution in [2.24, 2.45) is 0 Å². The van der Waals surface area contributed by atoms with Gasteiger partial charge in [0.25, 0.3) is 5.91 Å². The highest BCUT2D eigenvalue weighted by molar-refractivity contribution is 8.00. The lowest BCUT2D eigenvalue weighted by molar-refractivity contribution is 0.102. The maximum Gasteiger partial charge on any atom is 0.469 e. The van der Waals surface area contributed by atoms with Crippen LogP contribution in [0.1, 0.15) is 22.2 Å². The highest BCUT2D eigenvalue weighted by Crippen LogP contribution is 2.43. The maximum atomic E-state index is 12.3. The minimum absolute atomic E-state index is 0.140. The predicted octanol–water partition coefficient (Wildman–Crippen LogP) is 1.81. The van der Waals surface area contributed by atoms with Gasteiger partial charge in [-0.2, -0.15) is 4.98 Å². The molecule has 27 heavy (non-hydrogen) atoms. The summed E-state index contributed by atoms with van der Waals surface area (Å²) in [7, 11) is -4.52. The number of anilines is 1. The third-order valence-electron chi connectivity index (χ3n) is 3.76. The van der Waals surface area contributed by atoms with E-state index in [-0.39, 0.29) is 29.0 Å². The average Bonchev–Trinajstić information content (AvgIpc) is 3.09. The molecule has 1 saturated heterocycles. The number of nitrogens with one attached hydrogen (secondary N) is 1. The standard InChI is InChI=1S/C16H17N3O6PS/c20-15(11-4-2-1-3-5-11)17-13-8-9-19(16(21)18-13)14-7-6-12(27-14)10-25-26(22,23)24/h1-6,8-9,12,14H,7,10H2,(H2,22,23,24)(H,17,18,20,21)/t12-,14-/m1/s1.